The predicted octanol–water partition coefficient (Wildman–Crippen LogP) is 1.71. The van der Waals surface area contributed by atoms with Gasteiger partial charge in [-0.1, -0.05) is 13.8 Å². The van der Waals surface area contributed by atoms with Crippen molar-refractivity contribution in [3.8, 4) is 0 Å². The second kappa shape index (κ2) is 5.16. The van der Waals surface area contributed by atoms with Crippen LogP contribution in [-0.4, -0.2) is 33.3 Å². The van der Waals surface area contributed by atoms with Crippen molar-refractivity contribution in [3.05, 3.63) is 16.1 Å². The Bertz CT molecular complexity index is 536. The number of nitrogens with zero attached hydrogens (tertiary/aromatic N) is 2. The van der Waals surface area contributed by atoms with Crippen molar-refractivity contribution in [2.75, 3.05) is 0 Å². The third kappa shape index (κ3) is 2.70. The van der Waals surface area contributed by atoms with Gasteiger partial charge in [-0.25, -0.2) is 4.98 Å². The van der Waals surface area contributed by atoms with Gasteiger partial charge < -0.3 is 10.2 Å². The zero-order valence-electron chi connectivity index (χ0n) is 12.6. The number of piperazine rings is 1. The number of hydrogen-bond acceptors (Lipinski definition) is 4. The molecular formula is C14H21N3O2S. The molecule has 1 aromatic rings. The van der Waals surface area contributed by atoms with Crippen molar-refractivity contribution in [1.82, 2.24) is 15.2 Å². The summed E-state index contributed by atoms with van der Waals surface area (Å²) in [5.74, 6) is -0.0716. The first kappa shape index (κ1) is 15.0. The summed E-state index contributed by atoms with van der Waals surface area (Å²) in [7, 11) is 0. The van der Waals surface area contributed by atoms with Crippen LogP contribution in [0.4, 0.5) is 0 Å². The lowest BCUT2D eigenvalue weighted by molar-refractivity contribution is -0.156. The Kier molecular flexibility index (Phi) is 3.86. The van der Waals surface area contributed by atoms with E-state index in [0.29, 0.717) is 6.54 Å². The number of thiazole rings is 1. The molecule has 6 heteroatoms. The average molecular weight is 295 g/mol. The van der Waals surface area contributed by atoms with Crippen molar-refractivity contribution in [3.63, 3.8) is 0 Å². The van der Waals surface area contributed by atoms with Crippen LogP contribution in [0.25, 0.3) is 0 Å². The van der Waals surface area contributed by atoms with E-state index in [1.165, 1.54) is 0 Å². The Morgan fingerprint density at radius 2 is 2.10 bits per heavy atom. The number of rotatable bonds is 3. The molecule has 1 unspecified atom stereocenters. The summed E-state index contributed by atoms with van der Waals surface area (Å²) in [5.41, 5.74) is -0.852. The first-order valence-electron chi connectivity index (χ1n) is 6.77. The number of nitrogens with one attached hydrogen (secondary N) is 1. The Balaban J connectivity index is 2.32. The van der Waals surface area contributed by atoms with Gasteiger partial charge in [0.25, 0.3) is 0 Å². The quantitative estimate of drug-likeness (QED) is 0.923. The topological polar surface area (TPSA) is 62.3 Å². The van der Waals surface area contributed by atoms with E-state index in [-0.39, 0.29) is 17.7 Å². The highest BCUT2D eigenvalue weighted by Crippen LogP contribution is 2.25. The standard InChI is InChI=1S/C14H21N3O2S/c1-8(2)11-12(18)16-14(4,5)13(19)17(11)7-10-15-6-9(3)20-10/h6,8,11H,7H2,1-5H3,(H,16,18). The number of carbonyl (C=O) groups is 2. The van der Waals surface area contributed by atoms with Crippen LogP contribution in [0, 0.1) is 12.8 Å². The van der Waals surface area contributed by atoms with Gasteiger partial charge >= 0.3 is 0 Å². The van der Waals surface area contributed by atoms with E-state index in [1.54, 1.807) is 36.3 Å². The third-order valence-electron chi connectivity index (χ3n) is 3.44. The molecule has 0 spiro atoms. The van der Waals surface area contributed by atoms with E-state index in [4.69, 9.17) is 0 Å². The average Bonchev–Trinajstić information content (AvgIpc) is 2.70. The molecule has 110 valence electrons. The van der Waals surface area contributed by atoms with Crippen LogP contribution in [0.1, 0.15) is 37.6 Å². The van der Waals surface area contributed by atoms with Gasteiger partial charge in [-0.05, 0) is 26.7 Å². The molecule has 1 N–H and O–H groups in total. The molecule has 0 aromatic carbocycles. The second-order valence-corrected chi connectivity index (χ2v) is 7.42. The number of aryl methyl sites for hydroxylation is 1. The molecule has 20 heavy (non-hydrogen) atoms. The molecule has 0 bridgehead atoms. The van der Waals surface area contributed by atoms with Crippen LogP contribution in [0.15, 0.2) is 6.20 Å². The van der Waals surface area contributed by atoms with Gasteiger partial charge in [0.15, 0.2) is 0 Å². The molecule has 1 saturated heterocycles. The van der Waals surface area contributed by atoms with Crippen LogP contribution in [-0.2, 0) is 16.1 Å². The van der Waals surface area contributed by atoms with Gasteiger partial charge in [-0.2, -0.15) is 0 Å². The van der Waals surface area contributed by atoms with E-state index >= 15 is 0 Å². The smallest absolute Gasteiger partial charge is 0.248 e. The number of hydrogen-bond donors (Lipinski definition) is 1. The van der Waals surface area contributed by atoms with E-state index in [2.05, 4.69) is 10.3 Å². The maximum absolute atomic E-state index is 12.6. The molecule has 0 saturated carbocycles. The summed E-state index contributed by atoms with van der Waals surface area (Å²) in [5, 5.41) is 3.68. The van der Waals surface area contributed by atoms with Crippen LogP contribution < -0.4 is 5.32 Å². The van der Waals surface area contributed by atoms with Crippen molar-refractivity contribution < 1.29 is 9.59 Å². The molecule has 2 amide bonds. The monoisotopic (exact) mass is 295 g/mol. The molecule has 0 aliphatic carbocycles. The number of amides is 2. The maximum Gasteiger partial charge on any atom is 0.248 e. The molecule has 1 fully saturated rings. The van der Waals surface area contributed by atoms with E-state index in [0.717, 1.165) is 9.88 Å². The molecule has 2 rings (SSSR count). The minimum absolute atomic E-state index is 0.0522. The SMILES string of the molecule is Cc1cnc(CN2C(=O)C(C)(C)NC(=O)C2C(C)C)s1. The fourth-order valence-electron chi connectivity index (χ4n) is 2.52. The minimum atomic E-state index is -0.852. The third-order valence-corrected chi connectivity index (χ3v) is 4.34. The minimum Gasteiger partial charge on any atom is -0.340 e. The van der Waals surface area contributed by atoms with Crippen LogP contribution in [0.5, 0.6) is 0 Å². The van der Waals surface area contributed by atoms with Crippen LogP contribution >= 0.6 is 11.3 Å². The number of carbonyl (C=O) groups excluding carboxylic acids is 2. The molecule has 5 nitrogen and oxygen atoms in total. The van der Waals surface area contributed by atoms with Gasteiger partial charge in [0.1, 0.15) is 16.6 Å². The van der Waals surface area contributed by atoms with Crippen molar-refractivity contribution in [1.29, 1.82) is 0 Å². The van der Waals surface area contributed by atoms with E-state index in [1.807, 2.05) is 20.8 Å². The fourth-order valence-corrected chi connectivity index (χ4v) is 3.30. The molecular weight excluding hydrogens is 274 g/mol. The Morgan fingerprint density at radius 3 is 2.60 bits per heavy atom. The lowest BCUT2D eigenvalue weighted by Crippen LogP contribution is -2.68. The first-order chi connectivity index (χ1) is 9.22. The lowest BCUT2D eigenvalue weighted by Gasteiger charge is -2.44. The maximum atomic E-state index is 12.6. The molecule has 1 aliphatic rings. The highest BCUT2D eigenvalue weighted by molar-refractivity contribution is 7.11. The zero-order valence-corrected chi connectivity index (χ0v) is 13.4. The van der Waals surface area contributed by atoms with E-state index < -0.39 is 11.6 Å². The second-order valence-electron chi connectivity index (χ2n) is 6.10. The van der Waals surface area contributed by atoms with Crippen molar-refractivity contribution in [2.24, 2.45) is 5.92 Å². The summed E-state index contributed by atoms with van der Waals surface area (Å²) < 4.78 is 0. The molecule has 1 aromatic heterocycles. The summed E-state index contributed by atoms with van der Waals surface area (Å²) in [6, 6.07) is -0.431. The van der Waals surface area contributed by atoms with E-state index in [9.17, 15) is 9.59 Å². The molecule has 1 atom stereocenters. The van der Waals surface area contributed by atoms with Gasteiger partial charge in [-0.3, -0.25) is 9.59 Å². The summed E-state index contributed by atoms with van der Waals surface area (Å²) in [6.45, 7) is 9.77. The normalized spacial score (nSPS) is 22.3. The van der Waals surface area contributed by atoms with Gasteiger partial charge in [0, 0.05) is 11.1 Å². The Morgan fingerprint density at radius 1 is 1.45 bits per heavy atom. The summed E-state index contributed by atoms with van der Waals surface area (Å²) >= 11 is 1.56. The summed E-state index contributed by atoms with van der Waals surface area (Å²) in [6.07, 6.45) is 1.80. The van der Waals surface area contributed by atoms with Gasteiger partial charge in [0.05, 0.1) is 6.54 Å². The van der Waals surface area contributed by atoms with Crippen LogP contribution in [0.2, 0.25) is 0 Å². The highest BCUT2D eigenvalue weighted by atomic mass is 32.1. The predicted molar refractivity (Wildman–Crippen MR) is 78.2 cm³/mol. The van der Waals surface area contributed by atoms with Crippen molar-refractivity contribution in [2.45, 2.75) is 52.7 Å². The zero-order chi connectivity index (χ0) is 15.1. The lowest BCUT2D eigenvalue weighted by atomic mass is 9.91. The van der Waals surface area contributed by atoms with Crippen LogP contribution in [0.3, 0.4) is 0 Å². The molecule has 1 aliphatic heterocycles. The number of aromatic nitrogens is 1. The van der Waals surface area contributed by atoms with Crippen molar-refractivity contribution >= 4 is 23.2 Å². The Hall–Kier alpha value is -1.43. The largest absolute Gasteiger partial charge is 0.340 e. The van der Waals surface area contributed by atoms with Gasteiger partial charge in [0.2, 0.25) is 11.8 Å². The van der Waals surface area contributed by atoms with Gasteiger partial charge in [-0.15, -0.1) is 11.3 Å². The Labute approximate surface area is 123 Å². The molecule has 0 radical (unpaired) electrons. The summed E-state index contributed by atoms with van der Waals surface area (Å²) in [4.78, 5) is 32.0. The first-order valence-corrected chi connectivity index (χ1v) is 7.58. The highest BCUT2D eigenvalue weighted by Gasteiger charge is 2.46. The molecule has 2 heterocycles. The fraction of sp³-hybridized carbons (Fsp3) is 0.643.